The molecule has 5 aromatic rings. The number of nitrogens with zero attached hydrogens (tertiary/aromatic N) is 3. The Morgan fingerprint density at radius 2 is 1.11 bits per heavy atom. The molecule has 1 aromatic heterocycles. The van der Waals surface area contributed by atoms with Crippen molar-refractivity contribution in [3.05, 3.63) is 143 Å². The maximum Gasteiger partial charge on any atom is 0.138 e. The number of aromatic hydroxyl groups is 4. The highest BCUT2D eigenvalue weighted by Gasteiger charge is 2.23. The van der Waals surface area contributed by atoms with Crippen LogP contribution in [-0.4, -0.2) is 54.5 Å². The Labute approximate surface area is 343 Å². The van der Waals surface area contributed by atoms with Gasteiger partial charge in [0.05, 0.1) is 21.8 Å². The summed E-state index contributed by atoms with van der Waals surface area (Å²) < 4.78 is 5.74. The van der Waals surface area contributed by atoms with E-state index < -0.39 is 0 Å². The van der Waals surface area contributed by atoms with E-state index in [1.54, 1.807) is 18.3 Å². The second-order valence-electron chi connectivity index (χ2n) is 14.2. The predicted molar refractivity (Wildman–Crippen MR) is 222 cm³/mol. The highest BCUT2D eigenvalue weighted by molar-refractivity contribution is 6.36. The molecule has 8 nitrogen and oxygen atoms in total. The van der Waals surface area contributed by atoms with Crippen LogP contribution >= 0.6 is 46.4 Å². The highest BCUT2D eigenvalue weighted by atomic mass is 35.5. The van der Waals surface area contributed by atoms with E-state index in [-0.39, 0.29) is 27.6 Å². The van der Waals surface area contributed by atoms with Gasteiger partial charge < -0.3 is 25.2 Å². The van der Waals surface area contributed by atoms with Crippen LogP contribution in [0.5, 0.6) is 23.0 Å². The van der Waals surface area contributed by atoms with Gasteiger partial charge in [0.2, 0.25) is 0 Å². The van der Waals surface area contributed by atoms with Crippen LogP contribution < -0.4 is 0 Å². The van der Waals surface area contributed by atoms with Gasteiger partial charge >= 0.3 is 0 Å². The van der Waals surface area contributed by atoms with Gasteiger partial charge in [0.25, 0.3) is 0 Å². The first-order valence-electron chi connectivity index (χ1n) is 18.0. The number of hydrogen-bond acceptors (Lipinski definition) is 8. The third kappa shape index (κ3) is 11.9. The smallest absolute Gasteiger partial charge is 0.138 e. The van der Waals surface area contributed by atoms with E-state index >= 15 is 0 Å². The fraction of sp³-hybridized carbons (Fsp3) is 0.326. The summed E-state index contributed by atoms with van der Waals surface area (Å²) in [6.07, 6.45) is 3.84. The monoisotopic (exact) mass is 825 g/mol. The lowest BCUT2D eigenvalue weighted by atomic mass is 10.0. The molecule has 1 unspecified atom stereocenters. The van der Waals surface area contributed by atoms with Gasteiger partial charge in [-0.2, -0.15) is 0 Å². The van der Waals surface area contributed by atoms with E-state index in [9.17, 15) is 20.4 Å². The van der Waals surface area contributed by atoms with Crippen molar-refractivity contribution >= 4 is 46.4 Å². The standard InChI is InChI=1S/C24H28N2O2.C19H19Cl4NO3/c1-16-9-18(3)23(27)20(11-16)13-26(15-22-7-5-6-8-25-22)14-21-12-17(2)10-19(4)24(21)28;20-13-4-11(18(25)16(22)6-13)8-24(10-15-2-1-3-27-15)9-12-5-14(21)7-17(23)19(12)26/h5-12,27-28H,13-15H2,1-4H3;4-7,15,25-26H,1-3,8-10H2. The molecule has 4 aromatic carbocycles. The molecule has 1 atom stereocenters. The molecule has 0 amide bonds. The lowest BCUT2D eigenvalue weighted by Gasteiger charge is -2.26. The van der Waals surface area contributed by atoms with Gasteiger partial charge in [0.1, 0.15) is 23.0 Å². The highest BCUT2D eigenvalue weighted by Crippen LogP contribution is 2.35. The number of benzene rings is 4. The molecule has 6 rings (SSSR count). The Balaban J connectivity index is 0.000000211. The van der Waals surface area contributed by atoms with Crippen molar-refractivity contribution < 1.29 is 25.2 Å². The first-order valence-corrected chi connectivity index (χ1v) is 19.6. The Morgan fingerprint density at radius 1 is 0.618 bits per heavy atom. The summed E-state index contributed by atoms with van der Waals surface area (Å²) in [6.45, 7) is 11.8. The molecule has 1 aliphatic heterocycles. The Morgan fingerprint density at radius 3 is 1.56 bits per heavy atom. The molecule has 292 valence electrons. The van der Waals surface area contributed by atoms with Gasteiger partial charge in [-0.25, -0.2) is 0 Å². The van der Waals surface area contributed by atoms with Crippen molar-refractivity contribution in [1.82, 2.24) is 14.8 Å². The second kappa shape index (κ2) is 19.4. The molecule has 0 bridgehead atoms. The zero-order chi connectivity index (χ0) is 39.8. The van der Waals surface area contributed by atoms with Crippen LogP contribution in [0.1, 0.15) is 63.0 Å². The summed E-state index contributed by atoms with van der Waals surface area (Å²) in [4.78, 5) is 8.69. The molecule has 1 aliphatic rings. The third-order valence-corrected chi connectivity index (χ3v) is 10.4. The zero-order valence-electron chi connectivity index (χ0n) is 31.4. The topological polar surface area (TPSA) is 110 Å². The first kappa shape index (κ1) is 42.4. The largest absolute Gasteiger partial charge is 0.507 e. The molecule has 1 saturated heterocycles. The van der Waals surface area contributed by atoms with Gasteiger partial charge in [-0.1, -0.05) is 87.9 Å². The number of pyridine rings is 1. The van der Waals surface area contributed by atoms with Crippen molar-refractivity contribution in [1.29, 1.82) is 0 Å². The molecule has 0 saturated carbocycles. The number of aromatic nitrogens is 1. The maximum absolute atomic E-state index is 10.6. The van der Waals surface area contributed by atoms with Crippen molar-refractivity contribution in [2.24, 2.45) is 0 Å². The summed E-state index contributed by atoms with van der Waals surface area (Å²) in [5.74, 6) is 0.654. The van der Waals surface area contributed by atoms with Crippen molar-refractivity contribution in [3.8, 4) is 23.0 Å². The van der Waals surface area contributed by atoms with Crippen LogP contribution in [-0.2, 0) is 37.5 Å². The number of phenols is 4. The van der Waals surface area contributed by atoms with Gasteiger partial charge in [-0.3, -0.25) is 14.8 Å². The minimum atomic E-state index is -0.00763. The van der Waals surface area contributed by atoms with Gasteiger partial charge in [0, 0.05) is 84.4 Å². The number of halogens is 4. The van der Waals surface area contributed by atoms with E-state index in [1.165, 1.54) is 12.1 Å². The number of aryl methyl sites for hydroxylation is 4. The van der Waals surface area contributed by atoms with Gasteiger partial charge in [-0.05, 0) is 88.1 Å². The Bertz CT molecular complexity index is 1980. The van der Waals surface area contributed by atoms with E-state index in [4.69, 9.17) is 51.1 Å². The van der Waals surface area contributed by atoms with E-state index in [0.717, 1.165) is 58.5 Å². The van der Waals surface area contributed by atoms with E-state index in [0.29, 0.717) is 71.9 Å². The number of phenolic OH excluding ortho intramolecular Hbond substituents is 4. The molecule has 0 spiro atoms. The normalized spacial score (nSPS) is 14.0. The predicted octanol–water partition coefficient (Wildman–Crippen LogP) is 10.8. The van der Waals surface area contributed by atoms with Crippen LogP contribution in [0.2, 0.25) is 20.1 Å². The maximum atomic E-state index is 10.6. The van der Waals surface area contributed by atoms with Crippen LogP contribution in [0.3, 0.4) is 0 Å². The minimum absolute atomic E-state index is 0.00763. The van der Waals surface area contributed by atoms with Crippen LogP contribution in [0.4, 0.5) is 0 Å². The fourth-order valence-corrected chi connectivity index (χ4v) is 8.00. The SMILES string of the molecule is Cc1cc(C)c(O)c(CN(Cc2ccccn2)Cc2cc(C)cc(C)c2O)c1.Oc1c(Cl)cc(Cl)cc1CN(Cc1cc(Cl)cc(Cl)c1O)CC1CCCO1. The average Bonchev–Trinajstić information content (AvgIpc) is 3.63. The molecule has 0 aliphatic carbocycles. The second-order valence-corrected chi connectivity index (χ2v) is 15.9. The fourth-order valence-electron chi connectivity index (χ4n) is 6.93. The summed E-state index contributed by atoms with van der Waals surface area (Å²) in [7, 11) is 0. The Kier molecular flexibility index (Phi) is 15.0. The van der Waals surface area contributed by atoms with Gasteiger partial charge in [-0.15, -0.1) is 0 Å². The van der Waals surface area contributed by atoms with Crippen molar-refractivity contribution in [2.45, 2.75) is 79.4 Å². The van der Waals surface area contributed by atoms with Crippen molar-refractivity contribution in [2.75, 3.05) is 13.2 Å². The molecular formula is C43H47Cl4N3O5. The van der Waals surface area contributed by atoms with Crippen molar-refractivity contribution in [3.63, 3.8) is 0 Å². The lowest BCUT2D eigenvalue weighted by molar-refractivity contribution is 0.0673. The number of rotatable bonds is 12. The molecule has 12 heteroatoms. The molecule has 1 fully saturated rings. The molecule has 2 heterocycles. The molecule has 0 radical (unpaired) electrons. The zero-order valence-corrected chi connectivity index (χ0v) is 34.4. The molecular weight excluding hydrogens is 780 g/mol. The lowest BCUT2D eigenvalue weighted by Crippen LogP contribution is -2.31. The van der Waals surface area contributed by atoms with Gasteiger partial charge in [0.15, 0.2) is 0 Å². The number of ether oxygens (including phenoxy) is 1. The van der Waals surface area contributed by atoms with Crippen LogP contribution in [0.25, 0.3) is 0 Å². The molecule has 55 heavy (non-hydrogen) atoms. The summed E-state index contributed by atoms with van der Waals surface area (Å²) in [6, 6.07) is 20.2. The first-order chi connectivity index (χ1) is 26.2. The Hall–Kier alpha value is -3.73. The summed E-state index contributed by atoms with van der Waals surface area (Å²) >= 11 is 24.3. The summed E-state index contributed by atoms with van der Waals surface area (Å²) in [5.41, 5.74) is 7.92. The van der Waals surface area contributed by atoms with E-state index in [1.807, 2.05) is 75.1 Å². The van der Waals surface area contributed by atoms with Crippen LogP contribution in [0.15, 0.2) is 72.9 Å². The van der Waals surface area contributed by atoms with E-state index in [2.05, 4.69) is 9.88 Å². The van der Waals surface area contributed by atoms with Crippen LogP contribution in [0, 0.1) is 27.7 Å². The minimum Gasteiger partial charge on any atom is -0.507 e. The summed E-state index contributed by atoms with van der Waals surface area (Å²) in [5, 5.41) is 43.0. The average molecular weight is 828 g/mol. The third-order valence-electron chi connectivity index (χ3n) is 9.44. The number of hydrogen-bond donors (Lipinski definition) is 4. The quantitative estimate of drug-likeness (QED) is 0.0985. The molecule has 4 N–H and O–H groups in total.